The van der Waals surface area contributed by atoms with Crippen LogP contribution in [0.15, 0.2) is 82.0 Å². The first-order valence-electron chi connectivity index (χ1n) is 9.39. The van der Waals surface area contributed by atoms with E-state index < -0.39 is 17.3 Å². The van der Waals surface area contributed by atoms with Crippen molar-refractivity contribution in [3.05, 3.63) is 116 Å². The zero-order chi connectivity index (χ0) is 20.8. The molecule has 1 aliphatic heterocycles. The Morgan fingerprint density at radius 3 is 2.53 bits per heavy atom. The van der Waals surface area contributed by atoms with Gasteiger partial charge in [0.2, 0.25) is 5.76 Å². The quantitative estimate of drug-likeness (QED) is 0.451. The van der Waals surface area contributed by atoms with Gasteiger partial charge in [-0.3, -0.25) is 9.59 Å². The second kappa shape index (κ2) is 7.11. The van der Waals surface area contributed by atoms with Gasteiger partial charge in [0.15, 0.2) is 5.43 Å². The van der Waals surface area contributed by atoms with Gasteiger partial charge in [-0.2, -0.15) is 0 Å². The third-order valence-corrected chi connectivity index (χ3v) is 5.52. The Labute approximate surface area is 176 Å². The first-order valence-corrected chi connectivity index (χ1v) is 9.77. The van der Waals surface area contributed by atoms with Crippen LogP contribution < -0.4 is 5.43 Å². The number of rotatable bonds is 3. The average molecular weight is 420 g/mol. The lowest BCUT2D eigenvalue weighted by Crippen LogP contribution is -2.29. The predicted molar refractivity (Wildman–Crippen MR) is 112 cm³/mol. The fourth-order valence-electron chi connectivity index (χ4n) is 3.96. The molecule has 0 saturated heterocycles. The minimum absolute atomic E-state index is 0.0139. The number of hydrogen-bond acceptors (Lipinski definition) is 3. The van der Waals surface area contributed by atoms with E-state index in [0.29, 0.717) is 10.6 Å². The first kappa shape index (κ1) is 18.6. The van der Waals surface area contributed by atoms with E-state index in [0.717, 1.165) is 11.6 Å². The highest BCUT2D eigenvalue weighted by atomic mass is 35.5. The molecule has 1 amide bonds. The van der Waals surface area contributed by atoms with Gasteiger partial charge >= 0.3 is 0 Å². The summed E-state index contributed by atoms with van der Waals surface area (Å²) in [4.78, 5) is 28.3. The lowest BCUT2D eigenvalue weighted by atomic mass is 9.98. The molecule has 0 spiro atoms. The van der Waals surface area contributed by atoms with E-state index in [1.54, 1.807) is 23.1 Å². The molecule has 0 saturated carbocycles. The van der Waals surface area contributed by atoms with Crippen LogP contribution in [0.3, 0.4) is 0 Å². The summed E-state index contributed by atoms with van der Waals surface area (Å²) in [7, 11) is 0. The first-order chi connectivity index (χ1) is 14.5. The fraction of sp³-hybridized carbons (Fsp3) is 0.0833. The summed E-state index contributed by atoms with van der Waals surface area (Å²) < 4.78 is 19.6. The van der Waals surface area contributed by atoms with Crippen LogP contribution in [-0.4, -0.2) is 10.8 Å². The summed E-state index contributed by atoms with van der Waals surface area (Å²) in [6.45, 7) is 0.283. The Morgan fingerprint density at radius 1 is 0.967 bits per heavy atom. The topological polar surface area (TPSA) is 50.5 Å². The van der Waals surface area contributed by atoms with Crippen LogP contribution in [0, 0.1) is 5.82 Å². The van der Waals surface area contributed by atoms with Gasteiger partial charge in [0.25, 0.3) is 5.91 Å². The molecule has 148 valence electrons. The van der Waals surface area contributed by atoms with Gasteiger partial charge in [0.1, 0.15) is 11.4 Å². The molecule has 0 fully saturated rings. The molecule has 0 radical (unpaired) electrons. The summed E-state index contributed by atoms with van der Waals surface area (Å²) in [5, 5.41) is 0.597. The van der Waals surface area contributed by atoms with Crippen LogP contribution in [0.2, 0.25) is 5.02 Å². The van der Waals surface area contributed by atoms with Gasteiger partial charge in [0, 0.05) is 11.6 Å². The average Bonchev–Trinajstić information content (AvgIpc) is 3.02. The van der Waals surface area contributed by atoms with Gasteiger partial charge < -0.3 is 9.32 Å². The Bertz CT molecular complexity index is 1350. The van der Waals surface area contributed by atoms with Crippen molar-refractivity contribution in [1.29, 1.82) is 0 Å². The van der Waals surface area contributed by atoms with Crippen molar-refractivity contribution in [3.8, 4) is 0 Å². The number of carbonyl (C=O) groups excluding carboxylic acids is 1. The minimum atomic E-state index is -0.685. The van der Waals surface area contributed by atoms with Crippen molar-refractivity contribution in [2.45, 2.75) is 12.6 Å². The van der Waals surface area contributed by atoms with E-state index in [2.05, 4.69) is 0 Å². The lowest BCUT2D eigenvalue weighted by Gasteiger charge is -2.25. The smallest absolute Gasteiger partial charge is 0.291 e. The molecular formula is C24H15ClFNO3. The van der Waals surface area contributed by atoms with Gasteiger partial charge in [-0.05, 0) is 41.5 Å². The zero-order valence-corrected chi connectivity index (χ0v) is 16.4. The highest BCUT2D eigenvalue weighted by Gasteiger charge is 2.42. The van der Waals surface area contributed by atoms with Crippen LogP contribution >= 0.6 is 11.6 Å². The van der Waals surface area contributed by atoms with Crippen LogP contribution in [0.1, 0.15) is 33.3 Å². The lowest BCUT2D eigenvalue weighted by molar-refractivity contribution is 0.0714. The third-order valence-electron chi connectivity index (χ3n) is 5.29. The van der Waals surface area contributed by atoms with Crippen molar-refractivity contribution >= 4 is 28.5 Å². The molecule has 1 aromatic heterocycles. The van der Waals surface area contributed by atoms with Crippen LogP contribution in [-0.2, 0) is 6.54 Å². The number of nitrogens with zero attached hydrogens (tertiary/aromatic N) is 1. The SMILES string of the molecule is O=C1c2oc3ccc(F)cc3c(=O)c2C(c2cccc(Cl)c2)N1Cc1ccccc1. The molecule has 1 aliphatic rings. The van der Waals surface area contributed by atoms with E-state index in [1.165, 1.54) is 12.1 Å². The van der Waals surface area contributed by atoms with Crippen molar-refractivity contribution in [2.75, 3.05) is 0 Å². The number of amides is 1. The Balaban J connectivity index is 1.75. The van der Waals surface area contributed by atoms with Gasteiger partial charge in [0.05, 0.1) is 17.0 Å². The summed E-state index contributed by atoms with van der Waals surface area (Å²) in [6.07, 6.45) is 0. The summed E-state index contributed by atoms with van der Waals surface area (Å²) in [5.41, 5.74) is 1.57. The van der Waals surface area contributed by atoms with E-state index >= 15 is 0 Å². The standard InChI is InChI=1S/C24H15ClFNO3/c25-16-8-4-7-15(11-16)21-20-22(28)18-12-17(26)9-10-19(18)30-23(20)24(29)27(21)13-14-5-2-1-3-6-14/h1-12,21H,13H2. The van der Waals surface area contributed by atoms with Gasteiger partial charge in [-0.1, -0.05) is 54.1 Å². The molecule has 1 unspecified atom stereocenters. The van der Waals surface area contributed by atoms with Gasteiger partial charge in [-0.15, -0.1) is 0 Å². The van der Waals surface area contributed by atoms with Crippen LogP contribution in [0.4, 0.5) is 4.39 Å². The molecule has 4 nitrogen and oxygen atoms in total. The second-order valence-electron chi connectivity index (χ2n) is 7.19. The molecular weight excluding hydrogens is 405 g/mol. The van der Waals surface area contributed by atoms with Gasteiger partial charge in [-0.25, -0.2) is 4.39 Å². The van der Waals surface area contributed by atoms with Crippen molar-refractivity contribution in [2.24, 2.45) is 0 Å². The van der Waals surface area contributed by atoms with Crippen molar-refractivity contribution < 1.29 is 13.6 Å². The molecule has 5 rings (SSSR count). The van der Waals surface area contributed by atoms with E-state index in [-0.39, 0.29) is 34.7 Å². The Kier molecular flexibility index (Phi) is 4.40. The third kappa shape index (κ3) is 2.99. The molecule has 3 aromatic carbocycles. The second-order valence-corrected chi connectivity index (χ2v) is 7.63. The summed E-state index contributed by atoms with van der Waals surface area (Å²) >= 11 is 6.20. The van der Waals surface area contributed by atoms with E-state index in [1.807, 2.05) is 36.4 Å². The van der Waals surface area contributed by atoms with Crippen LogP contribution in [0.5, 0.6) is 0 Å². The Morgan fingerprint density at radius 2 is 1.77 bits per heavy atom. The predicted octanol–water partition coefficient (Wildman–Crippen LogP) is 5.33. The summed E-state index contributed by atoms with van der Waals surface area (Å²) in [5.74, 6) is -0.943. The van der Waals surface area contributed by atoms with Crippen molar-refractivity contribution in [1.82, 2.24) is 4.90 Å². The monoisotopic (exact) mass is 419 g/mol. The maximum atomic E-state index is 13.8. The molecule has 2 heterocycles. The molecule has 30 heavy (non-hydrogen) atoms. The maximum Gasteiger partial charge on any atom is 0.291 e. The largest absolute Gasteiger partial charge is 0.450 e. The highest BCUT2D eigenvalue weighted by Crippen LogP contribution is 2.39. The molecule has 0 aliphatic carbocycles. The number of hydrogen-bond donors (Lipinski definition) is 0. The maximum absolute atomic E-state index is 13.8. The Hall–Kier alpha value is -3.44. The van der Waals surface area contributed by atoms with E-state index in [4.69, 9.17) is 16.0 Å². The number of benzene rings is 3. The normalized spacial score (nSPS) is 15.6. The summed E-state index contributed by atoms with van der Waals surface area (Å²) in [6, 6.07) is 19.5. The highest BCUT2D eigenvalue weighted by molar-refractivity contribution is 6.30. The van der Waals surface area contributed by atoms with E-state index in [9.17, 15) is 14.0 Å². The number of fused-ring (bicyclic) bond motifs is 2. The molecule has 6 heteroatoms. The van der Waals surface area contributed by atoms with Crippen LogP contribution in [0.25, 0.3) is 11.0 Å². The molecule has 4 aromatic rings. The molecule has 0 N–H and O–H groups in total. The fourth-order valence-corrected chi connectivity index (χ4v) is 4.16. The molecule has 0 bridgehead atoms. The zero-order valence-electron chi connectivity index (χ0n) is 15.6. The number of carbonyl (C=O) groups is 1. The number of halogens is 2. The van der Waals surface area contributed by atoms with Crippen molar-refractivity contribution in [3.63, 3.8) is 0 Å². The minimum Gasteiger partial charge on any atom is -0.450 e. The molecule has 1 atom stereocenters.